The van der Waals surface area contributed by atoms with Crippen molar-refractivity contribution in [1.29, 1.82) is 0 Å². The fourth-order valence-electron chi connectivity index (χ4n) is 0.300. The quantitative estimate of drug-likeness (QED) is 0.330. The Morgan fingerprint density at radius 2 is 1.60 bits per heavy atom. The van der Waals surface area contributed by atoms with Gasteiger partial charge in [0.25, 0.3) is 11.1 Å². The van der Waals surface area contributed by atoms with Crippen molar-refractivity contribution < 1.29 is 29.8 Å². The maximum absolute atomic E-state index is 9.00. The molecule has 0 aromatic rings. The Morgan fingerprint density at radius 1 is 1.40 bits per heavy atom. The summed E-state index contributed by atoms with van der Waals surface area (Å²) in [7, 11) is 6.16. The minimum Gasteiger partial charge on any atom is -0.481 e. The van der Waals surface area contributed by atoms with Crippen molar-refractivity contribution in [2.75, 3.05) is 34.3 Å². The smallest absolute Gasteiger partial charge is 0.300 e. The van der Waals surface area contributed by atoms with E-state index < -0.39 is 11.1 Å². The topological polar surface area (TPSA) is 121 Å². The fourth-order valence-corrected chi connectivity index (χ4v) is 0.300. The van der Waals surface area contributed by atoms with Crippen molar-refractivity contribution in [2.45, 2.75) is 6.92 Å². The molecule has 0 aliphatic heterocycles. The summed E-state index contributed by atoms with van der Waals surface area (Å²) < 4.78 is 0.844. The van der Waals surface area contributed by atoms with Crippen molar-refractivity contribution in [2.24, 2.45) is 0 Å². The van der Waals surface area contributed by atoms with Crippen LogP contribution >= 0.6 is 0 Å². The predicted octanol–water partition coefficient (Wildman–Crippen LogP) is -0.572. The van der Waals surface area contributed by atoms with Crippen LogP contribution in [0.4, 0.5) is 0 Å². The lowest BCUT2D eigenvalue weighted by atomic mass is 10.5. The molecular formula is C7H19N2O6+. The molecule has 0 aromatic heterocycles. The molecule has 92 valence electrons. The summed E-state index contributed by atoms with van der Waals surface area (Å²) in [5.74, 6) is -0.833. The summed E-state index contributed by atoms with van der Waals surface area (Å²) in [6.45, 7) is 2.20. The molecule has 0 radical (unpaired) electrons. The number of hydrogen-bond donors (Lipinski definition) is 3. The molecule has 0 saturated heterocycles. The Labute approximate surface area is 88.1 Å². The molecule has 0 unspecified atom stereocenters. The maximum Gasteiger partial charge on any atom is 0.300 e. The number of carboxylic acid groups (broad SMARTS) is 1. The van der Waals surface area contributed by atoms with Gasteiger partial charge in [0, 0.05) is 6.92 Å². The average Bonchev–Trinajstić information content (AvgIpc) is 1.79. The Balaban J connectivity index is -0.000000155. The zero-order valence-corrected chi connectivity index (χ0v) is 9.38. The van der Waals surface area contributed by atoms with Crippen molar-refractivity contribution in [1.82, 2.24) is 0 Å². The third kappa shape index (κ3) is 210. The van der Waals surface area contributed by atoms with Crippen molar-refractivity contribution in [3.05, 3.63) is 10.1 Å². The molecule has 0 aromatic carbocycles. The minimum atomic E-state index is -1.50. The second-order valence-corrected chi connectivity index (χ2v) is 3.49. The normalized spacial score (nSPS) is 8.87. The van der Waals surface area contributed by atoms with E-state index in [1.54, 1.807) is 0 Å². The van der Waals surface area contributed by atoms with E-state index in [9.17, 15) is 0 Å². The summed E-state index contributed by atoms with van der Waals surface area (Å²) in [5, 5.41) is 29.4. The highest BCUT2D eigenvalue weighted by molar-refractivity contribution is 5.62. The van der Waals surface area contributed by atoms with Gasteiger partial charge in [0.1, 0.15) is 6.54 Å². The summed E-state index contributed by atoms with van der Waals surface area (Å²) in [4.78, 5) is 17.4. The Bertz CT molecular complexity index is 157. The van der Waals surface area contributed by atoms with E-state index >= 15 is 0 Å². The molecule has 3 N–H and O–H groups in total. The molecule has 0 aliphatic carbocycles. The molecule has 8 heteroatoms. The molecule has 0 aliphatic rings. The molecule has 0 heterocycles. The average molecular weight is 227 g/mol. The zero-order chi connectivity index (χ0) is 13.1. The van der Waals surface area contributed by atoms with Crippen LogP contribution in [-0.4, -0.2) is 65.3 Å². The third-order valence-corrected chi connectivity index (χ3v) is 0.771. The number of quaternary nitrogens is 1. The van der Waals surface area contributed by atoms with Crippen molar-refractivity contribution in [3.8, 4) is 0 Å². The van der Waals surface area contributed by atoms with Crippen molar-refractivity contribution >= 4 is 5.97 Å². The second kappa shape index (κ2) is 10.7. The zero-order valence-electron chi connectivity index (χ0n) is 9.38. The van der Waals surface area contributed by atoms with Gasteiger partial charge in [-0.05, 0) is 0 Å². The molecule has 0 bridgehead atoms. The van der Waals surface area contributed by atoms with E-state index in [1.807, 2.05) is 0 Å². The summed E-state index contributed by atoms with van der Waals surface area (Å²) >= 11 is 0. The lowest BCUT2D eigenvalue weighted by Gasteiger charge is -2.21. The largest absolute Gasteiger partial charge is 0.481 e. The van der Waals surface area contributed by atoms with Crippen LogP contribution in [0.2, 0.25) is 0 Å². The summed E-state index contributed by atoms with van der Waals surface area (Å²) in [5.41, 5.74) is 0. The molecule has 0 atom stereocenters. The van der Waals surface area contributed by atoms with Crippen LogP contribution in [0, 0.1) is 10.1 Å². The number of carbonyl (C=O) groups is 1. The summed E-state index contributed by atoms with van der Waals surface area (Å²) in [6.07, 6.45) is 0. The van der Waals surface area contributed by atoms with Crippen LogP contribution in [-0.2, 0) is 4.79 Å². The van der Waals surface area contributed by atoms with Crippen LogP contribution in [0.1, 0.15) is 6.92 Å². The first kappa shape index (κ1) is 19.2. The van der Waals surface area contributed by atoms with E-state index in [-0.39, 0.29) is 6.61 Å². The molecule has 0 rings (SSSR count). The number of rotatable bonds is 2. The first-order valence-corrected chi connectivity index (χ1v) is 3.97. The number of aliphatic carboxylic acids is 1. The Kier molecular flexibility index (Phi) is 13.7. The lowest BCUT2D eigenvalue weighted by Crippen LogP contribution is -2.36. The lowest BCUT2D eigenvalue weighted by molar-refractivity contribution is -0.870. The van der Waals surface area contributed by atoms with Gasteiger partial charge in [-0.25, -0.2) is 0 Å². The number of carboxylic acids is 1. The highest BCUT2D eigenvalue weighted by Gasteiger charge is 2.02. The molecule has 0 saturated carbocycles. The predicted molar refractivity (Wildman–Crippen MR) is 52.1 cm³/mol. The number of aliphatic hydroxyl groups is 1. The van der Waals surface area contributed by atoms with E-state index in [1.165, 1.54) is 0 Å². The first-order valence-electron chi connectivity index (χ1n) is 3.97. The van der Waals surface area contributed by atoms with Gasteiger partial charge in [-0.15, -0.1) is 10.1 Å². The number of hydrogen-bond acceptors (Lipinski definition) is 4. The number of aliphatic hydroxyl groups excluding tert-OH is 1. The molecule has 15 heavy (non-hydrogen) atoms. The first-order chi connectivity index (χ1) is 6.52. The Hall–Kier alpha value is -1.41. The van der Waals surface area contributed by atoms with Gasteiger partial charge >= 0.3 is 0 Å². The monoisotopic (exact) mass is 227 g/mol. The Morgan fingerprint density at radius 3 is 1.60 bits per heavy atom. The third-order valence-electron chi connectivity index (χ3n) is 0.771. The van der Waals surface area contributed by atoms with Crippen LogP contribution in [0.15, 0.2) is 0 Å². The highest BCUT2D eigenvalue weighted by atomic mass is 16.9. The molecule has 0 amide bonds. The van der Waals surface area contributed by atoms with E-state index in [2.05, 4.69) is 21.1 Å². The summed E-state index contributed by atoms with van der Waals surface area (Å²) in [6, 6.07) is 0. The SMILES string of the molecule is CC(=O)O.C[N+](C)(C)CCO.O=[N+]([O-])O. The minimum absolute atomic E-state index is 0.281. The van der Waals surface area contributed by atoms with E-state index in [0.717, 1.165) is 18.0 Å². The van der Waals surface area contributed by atoms with Crippen LogP contribution < -0.4 is 0 Å². The van der Waals surface area contributed by atoms with Gasteiger partial charge in [0.2, 0.25) is 0 Å². The van der Waals surface area contributed by atoms with Crippen molar-refractivity contribution in [3.63, 3.8) is 0 Å². The van der Waals surface area contributed by atoms with E-state index in [0.29, 0.717) is 0 Å². The maximum atomic E-state index is 9.00. The van der Waals surface area contributed by atoms with Gasteiger partial charge < -0.3 is 19.9 Å². The standard InChI is InChI=1S/C5H14NO.C2H4O2.HNO3/c1-6(2,3)4-5-7;1-2(3)4;2-1(3)4/h7H,4-5H2,1-3H3;1H3,(H,3,4);(H,2,3,4)/q+1;;. The van der Waals surface area contributed by atoms with Gasteiger partial charge in [0.05, 0.1) is 27.7 Å². The van der Waals surface area contributed by atoms with Gasteiger partial charge in [-0.3, -0.25) is 4.79 Å². The van der Waals surface area contributed by atoms with Gasteiger partial charge in [-0.2, -0.15) is 0 Å². The number of likely N-dealkylation sites (N-methyl/N-ethyl adjacent to an activating group) is 1. The van der Waals surface area contributed by atoms with Crippen LogP contribution in [0.5, 0.6) is 0 Å². The second-order valence-electron chi connectivity index (χ2n) is 3.49. The number of nitrogens with zero attached hydrogens (tertiary/aromatic N) is 2. The molecular weight excluding hydrogens is 208 g/mol. The van der Waals surface area contributed by atoms with E-state index in [4.69, 9.17) is 30.3 Å². The molecule has 0 fully saturated rings. The van der Waals surface area contributed by atoms with Gasteiger partial charge in [0.15, 0.2) is 0 Å². The van der Waals surface area contributed by atoms with Gasteiger partial charge in [-0.1, -0.05) is 0 Å². The highest BCUT2D eigenvalue weighted by Crippen LogP contribution is 1.84. The fraction of sp³-hybridized carbons (Fsp3) is 0.857. The van der Waals surface area contributed by atoms with Crippen LogP contribution in [0.3, 0.4) is 0 Å². The van der Waals surface area contributed by atoms with Crippen LogP contribution in [0.25, 0.3) is 0 Å². The molecule has 8 nitrogen and oxygen atoms in total. The molecule has 0 spiro atoms.